The fraction of sp³-hybridized carbons (Fsp3) is 0.0833. The van der Waals surface area contributed by atoms with Crippen molar-refractivity contribution in [3.8, 4) is 22.8 Å². The van der Waals surface area contributed by atoms with Crippen LogP contribution >= 0.6 is 0 Å². The van der Waals surface area contributed by atoms with Crippen molar-refractivity contribution < 1.29 is 14.3 Å². The highest BCUT2D eigenvalue weighted by molar-refractivity contribution is 6.07. The van der Waals surface area contributed by atoms with Gasteiger partial charge >= 0.3 is 0 Å². The maximum absolute atomic E-state index is 13.3. The van der Waals surface area contributed by atoms with E-state index in [1.807, 2.05) is 91.9 Å². The molecule has 6 aromatic rings. The van der Waals surface area contributed by atoms with Gasteiger partial charge in [0.2, 0.25) is 0 Å². The number of nitrogens with zero attached hydrogens (tertiary/aromatic N) is 2. The number of hydrogen-bond acceptors (Lipinski definition) is 5. The summed E-state index contributed by atoms with van der Waals surface area (Å²) in [6.45, 7) is 2.83. The molecule has 0 saturated heterocycles. The normalized spacial score (nSPS) is 11.2. The largest absolute Gasteiger partial charge is 0.490 e. The lowest BCUT2D eigenvalue weighted by molar-refractivity contribution is 0.0956. The van der Waals surface area contributed by atoms with Crippen LogP contribution in [0, 0.1) is 0 Å². The molecular formula is C36H29N3O3. The summed E-state index contributed by atoms with van der Waals surface area (Å²) in [6.07, 6.45) is 1.59. The summed E-state index contributed by atoms with van der Waals surface area (Å²) in [4.78, 5) is 18.0. The van der Waals surface area contributed by atoms with Gasteiger partial charge in [0, 0.05) is 10.9 Å². The second-order valence-corrected chi connectivity index (χ2v) is 9.75. The Kier molecular flexibility index (Phi) is 7.86. The molecule has 0 aliphatic carbocycles. The molecule has 0 radical (unpaired) electrons. The van der Waals surface area contributed by atoms with Gasteiger partial charge in [-0.25, -0.2) is 10.4 Å². The molecule has 6 heteroatoms. The third-order valence-corrected chi connectivity index (χ3v) is 6.89. The van der Waals surface area contributed by atoms with E-state index in [2.05, 4.69) is 40.9 Å². The number of ether oxygens (including phenoxy) is 2. The number of hydrogen-bond donors (Lipinski definition) is 1. The fourth-order valence-electron chi connectivity index (χ4n) is 4.83. The van der Waals surface area contributed by atoms with E-state index in [0.717, 1.165) is 33.3 Å². The number of nitrogens with one attached hydrogen (secondary N) is 1. The Morgan fingerprint density at radius 2 is 1.57 bits per heavy atom. The van der Waals surface area contributed by atoms with Gasteiger partial charge in [0.05, 0.1) is 29.6 Å². The first kappa shape index (κ1) is 26.7. The Hall–Kier alpha value is -5.49. The predicted molar refractivity (Wildman–Crippen MR) is 168 cm³/mol. The van der Waals surface area contributed by atoms with Gasteiger partial charge in [-0.2, -0.15) is 5.10 Å². The zero-order valence-corrected chi connectivity index (χ0v) is 23.2. The van der Waals surface area contributed by atoms with Crippen molar-refractivity contribution in [3.63, 3.8) is 0 Å². The van der Waals surface area contributed by atoms with E-state index in [-0.39, 0.29) is 5.91 Å². The number of hydrazone groups is 1. The van der Waals surface area contributed by atoms with Gasteiger partial charge in [-0.15, -0.1) is 0 Å². The number of benzene rings is 5. The second-order valence-electron chi connectivity index (χ2n) is 9.75. The Bertz CT molecular complexity index is 1900. The third kappa shape index (κ3) is 5.98. The van der Waals surface area contributed by atoms with E-state index >= 15 is 0 Å². The summed E-state index contributed by atoms with van der Waals surface area (Å²) in [6, 6.07) is 39.4. The van der Waals surface area contributed by atoms with Crippen molar-refractivity contribution in [2.75, 3.05) is 6.61 Å². The highest BCUT2D eigenvalue weighted by Crippen LogP contribution is 2.29. The van der Waals surface area contributed by atoms with Gasteiger partial charge in [-0.05, 0) is 65.2 Å². The predicted octanol–water partition coefficient (Wildman–Crippen LogP) is 7.80. The lowest BCUT2D eigenvalue weighted by Gasteiger charge is -2.13. The van der Waals surface area contributed by atoms with Crippen molar-refractivity contribution in [2.24, 2.45) is 5.10 Å². The van der Waals surface area contributed by atoms with E-state index in [9.17, 15) is 4.79 Å². The minimum atomic E-state index is -0.317. The Morgan fingerprint density at radius 3 is 2.43 bits per heavy atom. The monoisotopic (exact) mass is 551 g/mol. The molecule has 1 amide bonds. The molecule has 0 bridgehead atoms. The molecule has 1 N–H and O–H groups in total. The first-order valence-electron chi connectivity index (χ1n) is 13.8. The molecular weight excluding hydrogens is 522 g/mol. The van der Waals surface area contributed by atoms with Gasteiger partial charge in [-0.3, -0.25) is 4.79 Å². The molecule has 0 aliphatic rings. The van der Waals surface area contributed by atoms with Crippen LogP contribution in [0.15, 0.2) is 126 Å². The van der Waals surface area contributed by atoms with E-state index in [1.54, 1.807) is 12.3 Å². The zero-order valence-electron chi connectivity index (χ0n) is 23.2. The first-order chi connectivity index (χ1) is 20.7. The fourth-order valence-corrected chi connectivity index (χ4v) is 4.83. The van der Waals surface area contributed by atoms with Crippen molar-refractivity contribution in [2.45, 2.75) is 13.5 Å². The molecule has 0 atom stereocenters. The molecule has 42 heavy (non-hydrogen) atoms. The number of rotatable bonds is 9. The Labute approximate surface area is 244 Å². The molecule has 5 aromatic carbocycles. The zero-order chi connectivity index (χ0) is 28.7. The topological polar surface area (TPSA) is 72.8 Å². The highest BCUT2D eigenvalue weighted by atomic mass is 16.5. The summed E-state index contributed by atoms with van der Waals surface area (Å²) >= 11 is 0. The molecule has 0 unspecified atom stereocenters. The molecule has 6 nitrogen and oxygen atoms in total. The number of carbonyl (C=O) groups is 1. The summed E-state index contributed by atoms with van der Waals surface area (Å²) < 4.78 is 12.0. The molecule has 206 valence electrons. The lowest BCUT2D eigenvalue weighted by atomic mass is 10.0. The average Bonchev–Trinajstić information content (AvgIpc) is 3.04. The van der Waals surface area contributed by atoms with Crippen LogP contribution in [0.1, 0.15) is 28.4 Å². The number of pyridine rings is 1. The Balaban J connectivity index is 1.18. The minimum Gasteiger partial charge on any atom is -0.490 e. The molecule has 1 aromatic heterocycles. The minimum absolute atomic E-state index is 0.317. The molecule has 0 fully saturated rings. The van der Waals surface area contributed by atoms with E-state index in [4.69, 9.17) is 14.5 Å². The van der Waals surface area contributed by atoms with E-state index in [0.29, 0.717) is 30.3 Å². The smallest absolute Gasteiger partial charge is 0.272 e. The van der Waals surface area contributed by atoms with Crippen LogP contribution < -0.4 is 14.9 Å². The summed E-state index contributed by atoms with van der Waals surface area (Å²) in [5.41, 5.74) is 7.43. The van der Waals surface area contributed by atoms with Crippen molar-refractivity contribution in [1.29, 1.82) is 0 Å². The molecule has 6 rings (SSSR count). The van der Waals surface area contributed by atoms with Gasteiger partial charge < -0.3 is 9.47 Å². The molecule has 0 saturated carbocycles. The van der Waals surface area contributed by atoms with Gasteiger partial charge in [-0.1, -0.05) is 84.9 Å². The van der Waals surface area contributed by atoms with Gasteiger partial charge in [0.25, 0.3) is 5.91 Å². The van der Waals surface area contributed by atoms with E-state index < -0.39 is 0 Å². The SMILES string of the molecule is CCOc1cc(/C=N/NC(=O)c2cc(-c3ccccc3)nc3ccccc23)ccc1OCc1ccc2ccccc2c1. The Morgan fingerprint density at radius 1 is 0.786 bits per heavy atom. The third-order valence-electron chi connectivity index (χ3n) is 6.89. The summed E-state index contributed by atoms with van der Waals surface area (Å²) in [5, 5.41) is 7.37. The maximum atomic E-state index is 13.3. The van der Waals surface area contributed by atoms with Crippen molar-refractivity contribution in [1.82, 2.24) is 10.4 Å². The average molecular weight is 552 g/mol. The number of aromatic nitrogens is 1. The van der Waals surface area contributed by atoms with Crippen LogP contribution in [0.2, 0.25) is 0 Å². The van der Waals surface area contributed by atoms with Crippen molar-refractivity contribution in [3.05, 3.63) is 138 Å². The van der Waals surface area contributed by atoms with Crippen LogP contribution in [0.3, 0.4) is 0 Å². The van der Waals surface area contributed by atoms with Crippen LogP contribution in [-0.4, -0.2) is 23.7 Å². The van der Waals surface area contributed by atoms with Crippen LogP contribution in [-0.2, 0) is 6.61 Å². The first-order valence-corrected chi connectivity index (χ1v) is 13.8. The quantitative estimate of drug-likeness (QED) is 0.147. The van der Waals surface area contributed by atoms with Gasteiger partial charge in [0.15, 0.2) is 11.5 Å². The maximum Gasteiger partial charge on any atom is 0.272 e. The summed E-state index contributed by atoms with van der Waals surface area (Å²) in [5.74, 6) is 0.937. The summed E-state index contributed by atoms with van der Waals surface area (Å²) in [7, 11) is 0. The molecule has 0 aliphatic heterocycles. The number of para-hydroxylation sites is 1. The number of fused-ring (bicyclic) bond motifs is 2. The standard InChI is InChI=1S/C36H29N3O3/c1-2-41-35-21-25(17-19-34(35)42-24-26-16-18-27-10-6-7-13-29(27)20-26)23-37-39-36(40)31-22-33(28-11-4-3-5-12-28)38-32-15-9-8-14-30(31)32/h3-23H,2,24H2,1H3,(H,39,40)/b37-23+. The van der Waals surface area contributed by atoms with E-state index in [1.165, 1.54) is 10.8 Å². The van der Waals surface area contributed by atoms with Crippen LogP contribution in [0.4, 0.5) is 0 Å². The number of carbonyl (C=O) groups excluding carboxylic acids is 1. The molecule has 1 heterocycles. The second kappa shape index (κ2) is 12.4. The van der Waals surface area contributed by atoms with Crippen LogP contribution in [0.25, 0.3) is 32.9 Å². The highest BCUT2D eigenvalue weighted by Gasteiger charge is 2.14. The lowest BCUT2D eigenvalue weighted by Crippen LogP contribution is -2.18. The van der Waals surface area contributed by atoms with Crippen LogP contribution in [0.5, 0.6) is 11.5 Å². The number of amides is 1. The van der Waals surface area contributed by atoms with Gasteiger partial charge in [0.1, 0.15) is 6.61 Å². The van der Waals surface area contributed by atoms with Crippen molar-refractivity contribution >= 4 is 33.8 Å². The molecule has 0 spiro atoms.